The van der Waals surface area contributed by atoms with Gasteiger partial charge in [-0.1, -0.05) is 104 Å². The van der Waals surface area contributed by atoms with Crippen LogP contribution in [-0.2, 0) is 9.84 Å². The van der Waals surface area contributed by atoms with Crippen molar-refractivity contribution in [2.75, 3.05) is 53.4 Å². The number of carboxylic acid groups (broad SMARTS) is 2. The van der Waals surface area contributed by atoms with Gasteiger partial charge in [-0.05, 0) is 73.9 Å². The first-order valence-electron chi connectivity index (χ1n) is 18.7. The summed E-state index contributed by atoms with van der Waals surface area (Å²) >= 11 is 0. The predicted molar refractivity (Wildman–Crippen MR) is 198 cm³/mol. The molecule has 0 fully saturated rings. The number of quaternary nitrogens is 2. The maximum atomic E-state index is 12.3. The predicted octanol–water partition coefficient (Wildman–Crippen LogP) is 6.91. The molecule has 0 heterocycles. The number of rotatable bonds is 22. The Kier molecular flexibility index (Phi) is 23.8. The van der Waals surface area contributed by atoms with Crippen molar-refractivity contribution in [3.05, 3.63) is 59.7 Å². The van der Waals surface area contributed by atoms with Gasteiger partial charge in [0.25, 0.3) is 0 Å². The molecular weight excluding hydrogens is 637 g/mol. The summed E-state index contributed by atoms with van der Waals surface area (Å²) in [6.07, 6.45) is 16.4. The Labute approximate surface area is 299 Å². The van der Waals surface area contributed by atoms with E-state index in [9.17, 15) is 28.2 Å². The smallest absolute Gasteiger partial charge is 0.206 e. The van der Waals surface area contributed by atoms with Crippen LogP contribution in [0.25, 0.3) is 0 Å². The Bertz CT molecular complexity index is 1140. The summed E-state index contributed by atoms with van der Waals surface area (Å²) in [5, 5.41) is 21.2. The van der Waals surface area contributed by atoms with Crippen LogP contribution in [0.5, 0.6) is 0 Å². The van der Waals surface area contributed by atoms with Crippen molar-refractivity contribution in [3.8, 4) is 0 Å². The van der Waals surface area contributed by atoms with E-state index in [4.69, 9.17) is 0 Å². The van der Waals surface area contributed by atoms with Gasteiger partial charge in [0, 0.05) is 0 Å². The van der Waals surface area contributed by atoms with Crippen LogP contribution >= 0.6 is 0 Å². The highest BCUT2D eigenvalue weighted by molar-refractivity contribution is 7.91. The molecule has 2 aromatic rings. The second kappa shape index (κ2) is 25.2. The zero-order valence-electron chi connectivity index (χ0n) is 32.1. The summed E-state index contributed by atoms with van der Waals surface area (Å²) in [6.45, 7) is 22.1. The van der Waals surface area contributed by atoms with E-state index in [1.807, 2.05) is 0 Å². The van der Waals surface area contributed by atoms with Gasteiger partial charge in [-0.25, -0.2) is 8.42 Å². The molecule has 0 N–H and O–H groups in total. The highest BCUT2D eigenvalue weighted by Crippen LogP contribution is 2.21. The summed E-state index contributed by atoms with van der Waals surface area (Å²) in [4.78, 5) is 21.0. The molecule has 280 valence electrons. The third-order valence-electron chi connectivity index (χ3n) is 9.11. The molecule has 0 saturated carbocycles. The lowest BCUT2D eigenvalue weighted by atomic mass is 10.2. The van der Waals surface area contributed by atoms with Crippen LogP contribution in [0.1, 0.15) is 139 Å². The Morgan fingerprint density at radius 2 is 0.673 bits per heavy atom. The molecule has 0 spiro atoms. The largest absolute Gasteiger partial charge is 0.545 e. The number of aromatic carboxylic acids is 2. The van der Waals surface area contributed by atoms with Crippen molar-refractivity contribution in [3.63, 3.8) is 0 Å². The molecule has 8 nitrogen and oxygen atoms in total. The first kappa shape index (κ1) is 46.2. The standard InChI is InChI=1S/C14H10O6S.2C13H30N/c15-13(16)9-1-5-11(6-2-9)21(19,20)12-7-3-10(4-8-12)14(17)18;2*1-5-8-11-14(4,12-9-6-2)13-10-7-3/h1-8H,(H,15,16)(H,17,18);2*5-13H2,1-4H3/q;2*+1/p-2. The van der Waals surface area contributed by atoms with Gasteiger partial charge in [0.1, 0.15) is 0 Å². The van der Waals surface area contributed by atoms with Crippen molar-refractivity contribution in [1.29, 1.82) is 0 Å². The normalized spacial score (nSPS) is 11.6. The Balaban J connectivity index is 0.000000734. The zero-order valence-corrected chi connectivity index (χ0v) is 32.9. The number of hydrogen-bond donors (Lipinski definition) is 0. The van der Waals surface area contributed by atoms with Crippen molar-refractivity contribution < 1.29 is 37.2 Å². The molecular formula is C40H68N2O6S. The highest BCUT2D eigenvalue weighted by Gasteiger charge is 2.20. The average Bonchev–Trinajstić information content (AvgIpc) is 3.10. The van der Waals surface area contributed by atoms with Crippen LogP contribution in [0.15, 0.2) is 58.3 Å². The van der Waals surface area contributed by atoms with Crippen LogP contribution in [0, 0.1) is 0 Å². The fourth-order valence-corrected chi connectivity index (χ4v) is 6.85. The molecule has 0 atom stereocenters. The molecule has 0 aliphatic carbocycles. The van der Waals surface area contributed by atoms with E-state index in [0.717, 1.165) is 48.5 Å². The monoisotopic (exact) mass is 704 g/mol. The van der Waals surface area contributed by atoms with Crippen molar-refractivity contribution >= 4 is 21.8 Å². The summed E-state index contributed by atoms with van der Waals surface area (Å²) in [6, 6.07) is 9.07. The first-order valence-corrected chi connectivity index (χ1v) is 20.2. The summed E-state index contributed by atoms with van der Waals surface area (Å²) in [5.74, 6) is -2.81. The quantitative estimate of drug-likeness (QED) is 0.123. The lowest BCUT2D eigenvalue weighted by Crippen LogP contribution is -2.46. The molecule has 0 unspecified atom stereocenters. The zero-order chi connectivity index (χ0) is 37.3. The van der Waals surface area contributed by atoms with Gasteiger partial charge in [0.15, 0.2) is 0 Å². The Hall–Kier alpha value is -2.75. The number of unbranched alkanes of at least 4 members (excludes halogenated alkanes) is 6. The van der Waals surface area contributed by atoms with E-state index >= 15 is 0 Å². The number of sulfone groups is 1. The third kappa shape index (κ3) is 18.7. The fraction of sp³-hybridized carbons (Fsp3) is 0.650. The minimum atomic E-state index is -3.85. The minimum absolute atomic E-state index is 0.103. The molecule has 0 amide bonds. The van der Waals surface area contributed by atoms with E-state index in [1.165, 1.54) is 125 Å². The maximum absolute atomic E-state index is 12.3. The second-order valence-electron chi connectivity index (χ2n) is 13.8. The van der Waals surface area contributed by atoms with Crippen LogP contribution in [0.2, 0.25) is 0 Å². The molecule has 0 radical (unpaired) electrons. The molecule has 0 aliphatic heterocycles. The van der Waals surface area contributed by atoms with Crippen molar-refractivity contribution in [2.24, 2.45) is 0 Å². The SMILES string of the molecule is CCCC[N+](C)(CCCC)CCCC.CCCC[N+](C)(CCCC)CCCC.O=C([O-])c1ccc(S(=O)(=O)c2ccc(C(=O)[O-])cc2)cc1. The number of carbonyl (C=O) groups excluding carboxylic acids is 2. The van der Waals surface area contributed by atoms with Crippen LogP contribution < -0.4 is 10.2 Å². The van der Waals surface area contributed by atoms with Crippen molar-refractivity contribution in [2.45, 2.75) is 128 Å². The summed E-state index contributed by atoms with van der Waals surface area (Å²) in [5.41, 5.74) is -0.275. The molecule has 49 heavy (non-hydrogen) atoms. The van der Waals surface area contributed by atoms with Gasteiger partial charge >= 0.3 is 0 Å². The highest BCUT2D eigenvalue weighted by atomic mass is 32.2. The van der Waals surface area contributed by atoms with E-state index in [1.54, 1.807) is 0 Å². The number of carboxylic acids is 2. The lowest BCUT2D eigenvalue weighted by molar-refractivity contribution is -0.910. The Morgan fingerprint density at radius 3 is 0.837 bits per heavy atom. The minimum Gasteiger partial charge on any atom is -0.545 e. The summed E-state index contributed by atoms with van der Waals surface area (Å²) < 4.78 is 27.2. The van der Waals surface area contributed by atoms with Gasteiger partial charge in [0.05, 0.1) is 75.1 Å². The van der Waals surface area contributed by atoms with E-state index in [2.05, 4.69) is 55.6 Å². The summed E-state index contributed by atoms with van der Waals surface area (Å²) in [7, 11) is 1.04. The van der Waals surface area contributed by atoms with Crippen LogP contribution in [0.4, 0.5) is 0 Å². The molecule has 2 aromatic carbocycles. The first-order chi connectivity index (χ1) is 23.2. The molecule has 0 aliphatic rings. The van der Waals surface area contributed by atoms with Gasteiger partial charge in [-0.15, -0.1) is 0 Å². The van der Waals surface area contributed by atoms with Crippen LogP contribution in [0.3, 0.4) is 0 Å². The topological polar surface area (TPSA) is 114 Å². The number of hydrogen-bond acceptors (Lipinski definition) is 6. The number of benzene rings is 2. The number of nitrogens with zero attached hydrogens (tertiary/aromatic N) is 2. The third-order valence-corrected chi connectivity index (χ3v) is 10.9. The van der Waals surface area contributed by atoms with E-state index in [-0.39, 0.29) is 20.9 Å². The Morgan fingerprint density at radius 1 is 0.469 bits per heavy atom. The fourth-order valence-electron chi connectivity index (χ4n) is 5.59. The number of carbonyl (C=O) groups is 2. The van der Waals surface area contributed by atoms with Gasteiger partial charge in [-0.3, -0.25) is 0 Å². The van der Waals surface area contributed by atoms with Gasteiger partial charge < -0.3 is 28.8 Å². The molecule has 2 rings (SSSR count). The molecule has 0 aromatic heterocycles. The average molecular weight is 705 g/mol. The molecule has 9 heteroatoms. The van der Waals surface area contributed by atoms with Gasteiger partial charge in [-0.2, -0.15) is 0 Å². The molecule has 0 saturated heterocycles. The van der Waals surface area contributed by atoms with Gasteiger partial charge in [0.2, 0.25) is 9.84 Å². The maximum Gasteiger partial charge on any atom is 0.206 e. The van der Waals surface area contributed by atoms with Crippen molar-refractivity contribution in [1.82, 2.24) is 0 Å². The second-order valence-corrected chi connectivity index (χ2v) is 15.8. The van der Waals surface area contributed by atoms with E-state index in [0.29, 0.717) is 0 Å². The van der Waals surface area contributed by atoms with Crippen LogP contribution in [-0.4, -0.2) is 82.7 Å². The lowest BCUT2D eigenvalue weighted by Gasteiger charge is -2.34. The molecule has 0 bridgehead atoms. The van der Waals surface area contributed by atoms with E-state index < -0.39 is 21.8 Å².